The number of nitrogens with one attached hydrogen (secondary N) is 2. The lowest BCUT2D eigenvalue weighted by molar-refractivity contribution is -0.141. The van der Waals surface area contributed by atoms with E-state index in [9.17, 15) is 18.0 Å². The van der Waals surface area contributed by atoms with Crippen LogP contribution in [0.3, 0.4) is 0 Å². The van der Waals surface area contributed by atoms with E-state index in [2.05, 4.69) is 20.6 Å². The zero-order chi connectivity index (χ0) is 15.2. The van der Waals surface area contributed by atoms with Gasteiger partial charge in [-0.25, -0.2) is 4.98 Å². The van der Waals surface area contributed by atoms with Crippen molar-refractivity contribution in [1.82, 2.24) is 15.3 Å². The van der Waals surface area contributed by atoms with Gasteiger partial charge in [-0.3, -0.25) is 4.79 Å². The van der Waals surface area contributed by atoms with Gasteiger partial charge >= 0.3 is 6.18 Å². The summed E-state index contributed by atoms with van der Waals surface area (Å²) in [7, 11) is 0. The summed E-state index contributed by atoms with van der Waals surface area (Å²) in [5.41, 5.74) is 4.09. The molecular weight excluding hydrogens is 275 g/mol. The van der Waals surface area contributed by atoms with Crippen molar-refractivity contribution >= 4 is 17.7 Å². The summed E-state index contributed by atoms with van der Waals surface area (Å²) in [5, 5.41) is 5.26. The van der Waals surface area contributed by atoms with Crippen molar-refractivity contribution in [3.05, 3.63) is 11.8 Å². The zero-order valence-electron chi connectivity index (χ0n) is 10.9. The number of hydrogen-bond donors (Lipinski definition) is 3. The molecule has 9 heteroatoms. The Balaban J connectivity index is 2.56. The second-order valence-electron chi connectivity index (χ2n) is 4.02. The Morgan fingerprint density at radius 1 is 1.35 bits per heavy atom. The first-order valence-corrected chi connectivity index (χ1v) is 6.05. The van der Waals surface area contributed by atoms with Crippen molar-refractivity contribution < 1.29 is 18.0 Å². The highest BCUT2D eigenvalue weighted by molar-refractivity contribution is 5.76. The molecule has 0 aliphatic rings. The molecular formula is C11H16F3N5O. The van der Waals surface area contributed by atoms with Crippen LogP contribution >= 0.6 is 0 Å². The molecule has 20 heavy (non-hydrogen) atoms. The fourth-order valence-corrected chi connectivity index (χ4v) is 1.36. The Bertz CT molecular complexity index is 464. The first-order chi connectivity index (χ1) is 9.32. The predicted octanol–water partition coefficient (Wildman–Crippen LogP) is 1.41. The Kier molecular flexibility index (Phi) is 5.53. The Morgan fingerprint density at radius 2 is 2.05 bits per heavy atom. The molecule has 0 spiro atoms. The highest BCUT2D eigenvalue weighted by Crippen LogP contribution is 2.29. The molecule has 0 bridgehead atoms. The number of nitrogen functional groups attached to an aromatic ring is 1. The third-order valence-electron chi connectivity index (χ3n) is 2.26. The van der Waals surface area contributed by atoms with E-state index in [1.807, 2.05) is 6.92 Å². The number of carbonyl (C=O) groups excluding carboxylic acids is 1. The van der Waals surface area contributed by atoms with Gasteiger partial charge in [-0.2, -0.15) is 18.2 Å². The lowest BCUT2D eigenvalue weighted by Crippen LogP contribution is -2.26. The first kappa shape index (κ1) is 16.0. The van der Waals surface area contributed by atoms with Gasteiger partial charge < -0.3 is 16.4 Å². The summed E-state index contributed by atoms with van der Waals surface area (Å²) in [6.07, 6.45) is -3.65. The number of halogens is 3. The van der Waals surface area contributed by atoms with Crippen LogP contribution in [0, 0.1) is 0 Å². The maximum Gasteiger partial charge on any atom is 0.433 e. The first-order valence-electron chi connectivity index (χ1n) is 6.05. The van der Waals surface area contributed by atoms with Gasteiger partial charge in [0, 0.05) is 25.6 Å². The number of anilines is 2. The van der Waals surface area contributed by atoms with Crippen LogP contribution in [0.15, 0.2) is 6.07 Å². The number of aromatic nitrogens is 2. The normalized spacial score (nSPS) is 11.2. The third kappa shape index (κ3) is 5.29. The molecule has 1 heterocycles. The molecule has 1 amide bonds. The molecule has 1 rings (SSSR count). The summed E-state index contributed by atoms with van der Waals surface area (Å²) in [4.78, 5) is 18.0. The maximum absolute atomic E-state index is 12.5. The summed E-state index contributed by atoms with van der Waals surface area (Å²) in [6, 6.07) is 0.750. The average Bonchev–Trinajstić information content (AvgIpc) is 2.34. The van der Waals surface area contributed by atoms with Crippen LogP contribution in [0.1, 0.15) is 25.5 Å². The minimum absolute atomic E-state index is 0.0619. The fourth-order valence-electron chi connectivity index (χ4n) is 1.36. The Labute approximate surface area is 114 Å². The number of hydrogen-bond acceptors (Lipinski definition) is 5. The van der Waals surface area contributed by atoms with Gasteiger partial charge in [0.15, 0.2) is 5.69 Å². The zero-order valence-corrected chi connectivity index (χ0v) is 10.9. The Hall–Kier alpha value is -2.06. The quantitative estimate of drug-likeness (QED) is 0.737. The van der Waals surface area contributed by atoms with Crippen LogP contribution in [-0.2, 0) is 11.0 Å². The van der Waals surface area contributed by atoms with Crippen LogP contribution in [0.5, 0.6) is 0 Å². The van der Waals surface area contributed by atoms with Gasteiger partial charge in [0.1, 0.15) is 5.82 Å². The van der Waals surface area contributed by atoms with E-state index in [0.29, 0.717) is 6.54 Å². The molecule has 0 unspecified atom stereocenters. The maximum atomic E-state index is 12.5. The van der Waals surface area contributed by atoms with Crippen LogP contribution in [0.4, 0.5) is 24.9 Å². The molecule has 0 radical (unpaired) electrons. The minimum atomic E-state index is -4.59. The number of amides is 1. The number of nitrogens with zero attached hydrogens (tertiary/aromatic N) is 2. The molecule has 0 saturated carbocycles. The molecule has 0 aliphatic carbocycles. The molecule has 0 aliphatic heterocycles. The Morgan fingerprint density at radius 3 is 2.65 bits per heavy atom. The molecule has 6 nitrogen and oxygen atoms in total. The van der Waals surface area contributed by atoms with Gasteiger partial charge in [0.2, 0.25) is 11.9 Å². The van der Waals surface area contributed by atoms with Gasteiger partial charge in [0.05, 0.1) is 0 Å². The van der Waals surface area contributed by atoms with Crippen molar-refractivity contribution in [2.45, 2.75) is 25.9 Å². The van der Waals surface area contributed by atoms with Crippen LogP contribution in [-0.4, -0.2) is 29.0 Å². The molecule has 1 aromatic rings. The SMILES string of the molecule is CCCNC(=O)CCNc1cc(C(F)(F)F)nc(N)n1. The monoisotopic (exact) mass is 291 g/mol. The fraction of sp³-hybridized carbons (Fsp3) is 0.545. The topological polar surface area (TPSA) is 92.9 Å². The molecule has 0 fully saturated rings. The van der Waals surface area contributed by atoms with Crippen LogP contribution in [0.25, 0.3) is 0 Å². The molecule has 0 atom stereocenters. The standard InChI is InChI=1S/C11H16F3N5O/c1-2-4-17-9(20)3-5-16-8-6-7(11(12,13)14)18-10(15)19-8/h6H,2-5H2,1H3,(H,17,20)(H3,15,16,18,19). The molecule has 112 valence electrons. The second kappa shape index (κ2) is 6.92. The van der Waals surface area contributed by atoms with Crippen molar-refractivity contribution in [2.24, 2.45) is 0 Å². The number of alkyl halides is 3. The van der Waals surface area contributed by atoms with E-state index in [1.165, 1.54) is 0 Å². The summed E-state index contributed by atoms with van der Waals surface area (Å²) >= 11 is 0. The van der Waals surface area contributed by atoms with E-state index in [4.69, 9.17) is 5.73 Å². The highest BCUT2D eigenvalue weighted by Gasteiger charge is 2.33. The molecule has 0 aromatic carbocycles. The van der Waals surface area contributed by atoms with Gasteiger partial charge in [-0.1, -0.05) is 6.92 Å². The largest absolute Gasteiger partial charge is 0.433 e. The lowest BCUT2D eigenvalue weighted by Gasteiger charge is -2.10. The van der Waals surface area contributed by atoms with Crippen LogP contribution in [0.2, 0.25) is 0 Å². The summed E-state index contributed by atoms with van der Waals surface area (Å²) in [6.45, 7) is 2.64. The summed E-state index contributed by atoms with van der Waals surface area (Å²) in [5.74, 6) is -0.719. The van der Waals surface area contributed by atoms with E-state index < -0.39 is 17.8 Å². The summed E-state index contributed by atoms with van der Waals surface area (Å²) < 4.78 is 37.5. The van der Waals surface area contributed by atoms with Gasteiger partial charge in [-0.05, 0) is 6.42 Å². The van der Waals surface area contributed by atoms with E-state index in [0.717, 1.165) is 12.5 Å². The molecule has 0 saturated heterocycles. The van der Waals surface area contributed by atoms with Crippen molar-refractivity contribution in [2.75, 3.05) is 24.1 Å². The highest BCUT2D eigenvalue weighted by atomic mass is 19.4. The average molecular weight is 291 g/mol. The second-order valence-corrected chi connectivity index (χ2v) is 4.02. The lowest BCUT2D eigenvalue weighted by atomic mass is 10.3. The van der Waals surface area contributed by atoms with Crippen LogP contribution < -0.4 is 16.4 Å². The van der Waals surface area contributed by atoms with Crippen molar-refractivity contribution in [3.8, 4) is 0 Å². The van der Waals surface area contributed by atoms with E-state index in [-0.39, 0.29) is 24.7 Å². The van der Waals surface area contributed by atoms with Gasteiger partial charge in [0.25, 0.3) is 0 Å². The predicted molar refractivity (Wildman–Crippen MR) is 67.9 cm³/mol. The van der Waals surface area contributed by atoms with E-state index in [1.54, 1.807) is 0 Å². The van der Waals surface area contributed by atoms with Crippen molar-refractivity contribution in [3.63, 3.8) is 0 Å². The number of nitrogens with two attached hydrogens (primary N) is 1. The smallest absolute Gasteiger partial charge is 0.369 e. The minimum Gasteiger partial charge on any atom is -0.369 e. The molecule has 1 aromatic heterocycles. The van der Waals surface area contributed by atoms with Gasteiger partial charge in [-0.15, -0.1) is 0 Å². The van der Waals surface area contributed by atoms with Crippen molar-refractivity contribution in [1.29, 1.82) is 0 Å². The molecule has 4 N–H and O–H groups in total. The number of carbonyl (C=O) groups is 1. The van der Waals surface area contributed by atoms with E-state index >= 15 is 0 Å². The number of rotatable bonds is 6. The third-order valence-corrected chi connectivity index (χ3v) is 2.26.